The topological polar surface area (TPSA) is 38.7 Å². The van der Waals surface area contributed by atoms with Crippen LogP contribution in [0.25, 0.3) is 0 Å². The van der Waals surface area contributed by atoms with E-state index in [0.717, 1.165) is 18.4 Å². The Morgan fingerprint density at radius 3 is 2.89 bits per heavy atom. The second-order valence-electron chi connectivity index (χ2n) is 4.72. The van der Waals surface area contributed by atoms with E-state index in [9.17, 15) is 5.11 Å². The molecule has 0 aromatic heterocycles. The predicted molar refractivity (Wildman–Crippen MR) is 73.4 cm³/mol. The van der Waals surface area contributed by atoms with Crippen molar-refractivity contribution < 1.29 is 14.6 Å². The van der Waals surface area contributed by atoms with Gasteiger partial charge in [0.05, 0.1) is 12.7 Å². The van der Waals surface area contributed by atoms with Crippen LogP contribution in [0.4, 0.5) is 0 Å². The van der Waals surface area contributed by atoms with Gasteiger partial charge in [0.25, 0.3) is 0 Å². The van der Waals surface area contributed by atoms with Gasteiger partial charge in [0.15, 0.2) is 0 Å². The van der Waals surface area contributed by atoms with Crippen molar-refractivity contribution in [3.8, 4) is 11.8 Å². The molecule has 0 spiro atoms. The summed E-state index contributed by atoms with van der Waals surface area (Å²) in [5, 5.41) is 10.0. The van der Waals surface area contributed by atoms with Crippen LogP contribution in [0.3, 0.4) is 0 Å². The molecule has 0 bridgehead atoms. The first-order valence-electron chi connectivity index (χ1n) is 6.72. The van der Waals surface area contributed by atoms with Gasteiger partial charge in [0, 0.05) is 6.61 Å². The van der Waals surface area contributed by atoms with Crippen LogP contribution in [0.2, 0.25) is 0 Å². The molecule has 0 radical (unpaired) electrons. The summed E-state index contributed by atoms with van der Waals surface area (Å²) in [5.41, 5.74) is 1.10. The summed E-state index contributed by atoms with van der Waals surface area (Å²) in [6, 6.07) is 9.96. The van der Waals surface area contributed by atoms with E-state index in [1.165, 1.54) is 0 Å². The maximum Gasteiger partial charge on any atom is 0.140 e. The molecule has 0 fully saturated rings. The monoisotopic (exact) mass is 260 g/mol. The molecule has 3 atom stereocenters. The van der Waals surface area contributed by atoms with E-state index in [1.807, 2.05) is 37.3 Å². The number of aliphatic hydroxyl groups is 1. The third-order valence-electron chi connectivity index (χ3n) is 3.09. The Bertz CT molecular complexity index is 432. The zero-order valence-corrected chi connectivity index (χ0v) is 11.2. The van der Waals surface area contributed by atoms with E-state index in [1.54, 1.807) is 0 Å². The summed E-state index contributed by atoms with van der Waals surface area (Å²) < 4.78 is 11.3. The number of benzene rings is 1. The van der Waals surface area contributed by atoms with Gasteiger partial charge in [-0.3, -0.25) is 0 Å². The van der Waals surface area contributed by atoms with Gasteiger partial charge in [-0.15, -0.1) is 0 Å². The van der Waals surface area contributed by atoms with E-state index >= 15 is 0 Å². The highest BCUT2D eigenvalue weighted by atomic mass is 16.5. The van der Waals surface area contributed by atoms with E-state index in [2.05, 4.69) is 11.8 Å². The zero-order valence-electron chi connectivity index (χ0n) is 11.2. The van der Waals surface area contributed by atoms with Gasteiger partial charge in [-0.05, 0) is 25.3 Å². The van der Waals surface area contributed by atoms with Crippen molar-refractivity contribution in [3.05, 3.63) is 35.9 Å². The molecule has 1 heterocycles. The highest BCUT2D eigenvalue weighted by Crippen LogP contribution is 2.13. The second-order valence-corrected chi connectivity index (χ2v) is 4.72. The lowest BCUT2D eigenvalue weighted by atomic mass is 10.1. The lowest BCUT2D eigenvalue weighted by molar-refractivity contribution is -0.0311. The number of ether oxygens (including phenoxy) is 2. The van der Waals surface area contributed by atoms with Gasteiger partial charge in [-0.1, -0.05) is 42.2 Å². The lowest BCUT2D eigenvalue weighted by Crippen LogP contribution is -2.27. The summed E-state index contributed by atoms with van der Waals surface area (Å²) in [7, 11) is 0. The molecule has 2 unspecified atom stereocenters. The number of rotatable bonds is 3. The van der Waals surface area contributed by atoms with Crippen molar-refractivity contribution in [3.63, 3.8) is 0 Å². The van der Waals surface area contributed by atoms with Gasteiger partial charge in [-0.25, -0.2) is 0 Å². The van der Waals surface area contributed by atoms with Crippen molar-refractivity contribution in [2.24, 2.45) is 0 Å². The van der Waals surface area contributed by atoms with Crippen LogP contribution in [0.5, 0.6) is 0 Å². The van der Waals surface area contributed by atoms with Gasteiger partial charge in [0.1, 0.15) is 12.2 Å². The fourth-order valence-corrected chi connectivity index (χ4v) is 1.99. The van der Waals surface area contributed by atoms with Crippen molar-refractivity contribution >= 4 is 0 Å². The Morgan fingerprint density at radius 2 is 2.11 bits per heavy atom. The Hall–Kier alpha value is -1.34. The highest BCUT2D eigenvalue weighted by molar-refractivity contribution is 5.14. The molecule has 0 saturated carbocycles. The molecule has 19 heavy (non-hydrogen) atoms. The third-order valence-corrected chi connectivity index (χ3v) is 3.09. The minimum Gasteiger partial charge on any atom is -0.378 e. The third kappa shape index (κ3) is 4.68. The standard InChI is InChI=1S/C16H20O3/c1-13-9-10-15(17)16(8-5-11-18-13)19-12-14-6-3-2-4-7-14/h2-4,6-7,13,15-17H,5,8,11-12H2,1H3/t13?,15?,16-/m1/s1. The van der Waals surface area contributed by atoms with Crippen molar-refractivity contribution in [2.75, 3.05) is 6.61 Å². The molecule has 1 aromatic rings. The Morgan fingerprint density at radius 1 is 1.32 bits per heavy atom. The molecular formula is C16H20O3. The van der Waals surface area contributed by atoms with Gasteiger partial charge in [0.2, 0.25) is 0 Å². The summed E-state index contributed by atoms with van der Waals surface area (Å²) in [6.45, 7) is 3.05. The summed E-state index contributed by atoms with van der Waals surface area (Å²) in [5.74, 6) is 5.72. The normalized spacial score (nSPS) is 27.6. The van der Waals surface area contributed by atoms with Crippen LogP contribution in [0.1, 0.15) is 25.3 Å². The molecule has 2 rings (SSSR count). The fourth-order valence-electron chi connectivity index (χ4n) is 1.99. The molecule has 1 aromatic carbocycles. The first kappa shape index (κ1) is 14.1. The van der Waals surface area contributed by atoms with Crippen LogP contribution in [0.15, 0.2) is 30.3 Å². The molecule has 102 valence electrons. The smallest absolute Gasteiger partial charge is 0.140 e. The van der Waals surface area contributed by atoms with Crippen molar-refractivity contribution in [1.82, 2.24) is 0 Å². The minimum atomic E-state index is -0.743. The fraction of sp³-hybridized carbons (Fsp3) is 0.500. The van der Waals surface area contributed by atoms with Gasteiger partial charge in [-0.2, -0.15) is 0 Å². The molecular weight excluding hydrogens is 240 g/mol. The maximum absolute atomic E-state index is 10.0. The minimum absolute atomic E-state index is 0.123. The molecule has 0 amide bonds. The lowest BCUT2D eigenvalue weighted by Gasteiger charge is -2.19. The molecule has 0 aliphatic carbocycles. The van der Waals surface area contributed by atoms with Crippen LogP contribution in [0, 0.1) is 11.8 Å². The molecule has 3 nitrogen and oxygen atoms in total. The maximum atomic E-state index is 10.0. The van der Waals surface area contributed by atoms with E-state index < -0.39 is 6.10 Å². The first-order chi connectivity index (χ1) is 9.25. The summed E-state index contributed by atoms with van der Waals surface area (Å²) >= 11 is 0. The molecule has 1 N–H and O–H groups in total. The van der Waals surface area contributed by atoms with Gasteiger partial charge >= 0.3 is 0 Å². The van der Waals surface area contributed by atoms with E-state index in [0.29, 0.717) is 13.2 Å². The summed E-state index contributed by atoms with van der Waals surface area (Å²) in [6.07, 6.45) is 0.511. The van der Waals surface area contributed by atoms with Crippen molar-refractivity contribution in [2.45, 2.75) is 44.7 Å². The number of hydrogen-bond donors (Lipinski definition) is 1. The highest BCUT2D eigenvalue weighted by Gasteiger charge is 2.19. The SMILES string of the molecule is CC1C#CC(O)[C@H](OCc2ccccc2)CCCO1. The Labute approximate surface area is 114 Å². The zero-order chi connectivity index (χ0) is 13.5. The Balaban J connectivity index is 1.93. The first-order valence-corrected chi connectivity index (χ1v) is 6.72. The molecule has 0 saturated heterocycles. The van der Waals surface area contributed by atoms with E-state index in [-0.39, 0.29) is 12.2 Å². The molecule has 1 aliphatic rings. The van der Waals surface area contributed by atoms with E-state index in [4.69, 9.17) is 9.47 Å². The van der Waals surface area contributed by atoms with Crippen molar-refractivity contribution in [1.29, 1.82) is 0 Å². The molecule has 3 heteroatoms. The van der Waals surface area contributed by atoms with Gasteiger partial charge < -0.3 is 14.6 Å². The summed E-state index contributed by atoms with van der Waals surface area (Å²) in [4.78, 5) is 0. The average Bonchev–Trinajstić information content (AvgIpc) is 2.51. The number of aliphatic hydroxyl groups excluding tert-OH is 1. The quantitative estimate of drug-likeness (QED) is 0.846. The second kappa shape index (κ2) is 7.30. The predicted octanol–water partition coefficient (Wildman–Crippen LogP) is 2.13. The van der Waals surface area contributed by atoms with Crippen LogP contribution in [-0.4, -0.2) is 30.0 Å². The van der Waals surface area contributed by atoms with Crippen LogP contribution >= 0.6 is 0 Å². The van der Waals surface area contributed by atoms with Crippen LogP contribution in [-0.2, 0) is 16.1 Å². The Kier molecular flexibility index (Phi) is 5.41. The number of hydrogen-bond acceptors (Lipinski definition) is 3. The molecule has 1 aliphatic heterocycles. The average molecular weight is 260 g/mol. The van der Waals surface area contributed by atoms with Crippen LogP contribution < -0.4 is 0 Å². The largest absolute Gasteiger partial charge is 0.378 e.